The maximum Gasteiger partial charge on any atom is 0.416 e. The van der Waals surface area contributed by atoms with E-state index in [1.807, 2.05) is 6.07 Å². The molecule has 0 radical (unpaired) electrons. The van der Waals surface area contributed by atoms with Gasteiger partial charge in [0, 0.05) is 11.6 Å². The molecule has 3 aromatic rings. The van der Waals surface area contributed by atoms with E-state index in [0.29, 0.717) is 9.99 Å². The molecule has 0 bridgehead atoms. The van der Waals surface area contributed by atoms with E-state index >= 15 is 0 Å². The van der Waals surface area contributed by atoms with Gasteiger partial charge in [0.25, 0.3) is 0 Å². The number of fused-ring (bicyclic) bond motifs is 3. The smallest absolute Gasteiger partial charge is 0.249 e. The Morgan fingerprint density at radius 1 is 0.895 bits per heavy atom. The average Bonchev–Trinajstić information content (AvgIpc) is 2.37. The van der Waals surface area contributed by atoms with Crippen LogP contribution in [0.1, 0.15) is 5.56 Å². The molecule has 0 atom stereocenters. The predicted octanol–water partition coefficient (Wildman–Crippen LogP) is 5.17. The fraction of sp³-hybridized carbons (Fsp3) is 0.0714. The first-order chi connectivity index (χ1) is 8.97. The highest BCUT2D eigenvalue weighted by Crippen LogP contribution is 2.34. The molecule has 3 rings (SSSR count). The molecule has 0 saturated carbocycles. The van der Waals surface area contributed by atoms with Crippen molar-refractivity contribution in [1.82, 2.24) is 4.98 Å². The molecule has 2 aromatic carbocycles. The van der Waals surface area contributed by atoms with E-state index in [1.54, 1.807) is 18.3 Å². The maximum absolute atomic E-state index is 12.8. The van der Waals surface area contributed by atoms with Crippen molar-refractivity contribution in [3.8, 4) is 0 Å². The lowest BCUT2D eigenvalue weighted by molar-refractivity contribution is -0.137. The predicted molar refractivity (Wildman–Crippen MR) is 72.0 cm³/mol. The van der Waals surface area contributed by atoms with Gasteiger partial charge in [-0.25, -0.2) is 4.98 Å². The van der Waals surface area contributed by atoms with Gasteiger partial charge in [0.1, 0.15) is 4.60 Å². The summed E-state index contributed by atoms with van der Waals surface area (Å²) in [7, 11) is 0. The number of hydrogen-bond acceptors (Lipinski definition) is 1. The summed E-state index contributed by atoms with van der Waals surface area (Å²) in [5.41, 5.74) is -0.638. The summed E-state index contributed by atoms with van der Waals surface area (Å²) in [5.74, 6) is 0. The van der Waals surface area contributed by atoms with Crippen LogP contribution in [-0.4, -0.2) is 4.98 Å². The molecule has 0 aliphatic heterocycles. The Morgan fingerprint density at radius 2 is 1.63 bits per heavy atom. The van der Waals surface area contributed by atoms with Gasteiger partial charge in [-0.3, -0.25) is 0 Å². The van der Waals surface area contributed by atoms with Gasteiger partial charge in [-0.1, -0.05) is 18.2 Å². The topological polar surface area (TPSA) is 12.9 Å². The zero-order valence-corrected chi connectivity index (χ0v) is 11.1. The third-order valence-corrected chi connectivity index (χ3v) is 3.67. The second kappa shape index (κ2) is 4.20. The first-order valence-corrected chi connectivity index (χ1v) is 6.30. The summed E-state index contributed by atoms with van der Waals surface area (Å²) in [4.78, 5) is 4.08. The molecule has 5 heteroatoms. The van der Waals surface area contributed by atoms with Crippen molar-refractivity contribution in [3.05, 3.63) is 52.8 Å². The van der Waals surface area contributed by atoms with Gasteiger partial charge in [-0.15, -0.1) is 0 Å². The number of rotatable bonds is 0. The van der Waals surface area contributed by atoms with E-state index in [-0.39, 0.29) is 0 Å². The van der Waals surface area contributed by atoms with Crippen molar-refractivity contribution >= 4 is 37.5 Å². The van der Waals surface area contributed by atoms with Crippen LogP contribution in [0, 0.1) is 0 Å². The number of aromatic nitrogens is 1. The molecular weight excluding hydrogens is 319 g/mol. The molecule has 96 valence electrons. The third-order valence-electron chi connectivity index (χ3n) is 3.04. The SMILES string of the molecule is FC(F)(F)c1ccc2ccc3c(Br)nccc3c2c1. The van der Waals surface area contributed by atoms with Gasteiger partial charge in [0.2, 0.25) is 0 Å². The Bertz CT molecular complexity index is 781. The van der Waals surface area contributed by atoms with E-state index in [0.717, 1.165) is 22.2 Å². The summed E-state index contributed by atoms with van der Waals surface area (Å²) in [6.45, 7) is 0. The first kappa shape index (κ1) is 12.4. The number of hydrogen-bond donors (Lipinski definition) is 0. The van der Waals surface area contributed by atoms with Crippen LogP contribution in [0.3, 0.4) is 0 Å². The fourth-order valence-electron chi connectivity index (χ4n) is 2.13. The summed E-state index contributed by atoms with van der Waals surface area (Å²) >= 11 is 3.31. The molecule has 0 fully saturated rings. The van der Waals surface area contributed by atoms with Crippen molar-refractivity contribution in [3.63, 3.8) is 0 Å². The van der Waals surface area contributed by atoms with Gasteiger partial charge < -0.3 is 0 Å². The van der Waals surface area contributed by atoms with Crippen molar-refractivity contribution < 1.29 is 13.2 Å². The minimum Gasteiger partial charge on any atom is -0.249 e. The molecular formula is C14H7BrF3N. The number of halogens is 4. The number of alkyl halides is 3. The normalized spacial score (nSPS) is 12.2. The minimum atomic E-state index is -4.33. The first-order valence-electron chi connectivity index (χ1n) is 5.51. The molecule has 0 spiro atoms. The monoisotopic (exact) mass is 325 g/mol. The Kier molecular flexibility index (Phi) is 2.74. The fourth-order valence-corrected chi connectivity index (χ4v) is 2.59. The highest BCUT2D eigenvalue weighted by Gasteiger charge is 2.30. The van der Waals surface area contributed by atoms with E-state index in [1.165, 1.54) is 12.1 Å². The lowest BCUT2D eigenvalue weighted by Gasteiger charge is -2.10. The van der Waals surface area contributed by atoms with E-state index in [2.05, 4.69) is 20.9 Å². The van der Waals surface area contributed by atoms with Gasteiger partial charge in [0.05, 0.1) is 5.56 Å². The van der Waals surface area contributed by atoms with Crippen LogP contribution in [0.5, 0.6) is 0 Å². The quantitative estimate of drug-likeness (QED) is 0.410. The Hall–Kier alpha value is -1.62. The minimum absolute atomic E-state index is 0.579. The lowest BCUT2D eigenvalue weighted by atomic mass is 10.0. The molecule has 1 aromatic heterocycles. The number of nitrogens with zero attached hydrogens (tertiary/aromatic N) is 1. The van der Waals surface area contributed by atoms with E-state index in [9.17, 15) is 13.2 Å². The van der Waals surface area contributed by atoms with Crippen LogP contribution in [0.2, 0.25) is 0 Å². The Balaban J connectivity index is 2.43. The molecule has 1 nitrogen and oxygen atoms in total. The zero-order valence-electron chi connectivity index (χ0n) is 9.50. The van der Waals surface area contributed by atoms with Crippen LogP contribution < -0.4 is 0 Å². The van der Waals surface area contributed by atoms with Gasteiger partial charge in [0.15, 0.2) is 0 Å². The Labute approximate surface area is 115 Å². The molecule has 0 N–H and O–H groups in total. The van der Waals surface area contributed by atoms with Crippen molar-refractivity contribution in [1.29, 1.82) is 0 Å². The summed E-state index contributed by atoms with van der Waals surface area (Å²) in [6, 6.07) is 9.15. The molecule has 19 heavy (non-hydrogen) atoms. The number of pyridine rings is 1. The van der Waals surface area contributed by atoms with Crippen molar-refractivity contribution in [2.75, 3.05) is 0 Å². The average molecular weight is 326 g/mol. The highest BCUT2D eigenvalue weighted by atomic mass is 79.9. The molecule has 0 aliphatic rings. The van der Waals surface area contributed by atoms with Crippen LogP contribution in [-0.2, 0) is 6.18 Å². The maximum atomic E-state index is 12.8. The lowest BCUT2D eigenvalue weighted by Crippen LogP contribution is -2.04. The van der Waals surface area contributed by atoms with Gasteiger partial charge in [-0.2, -0.15) is 13.2 Å². The summed E-state index contributed by atoms with van der Waals surface area (Å²) in [6.07, 6.45) is -2.76. The molecule has 0 saturated heterocycles. The largest absolute Gasteiger partial charge is 0.416 e. The second-order valence-electron chi connectivity index (χ2n) is 4.20. The summed E-state index contributed by atoms with van der Waals surface area (Å²) in [5, 5.41) is 2.91. The number of benzene rings is 2. The van der Waals surface area contributed by atoms with Crippen LogP contribution in [0.25, 0.3) is 21.5 Å². The Morgan fingerprint density at radius 3 is 2.37 bits per heavy atom. The molecule has 0 amide bonds. The van der Waals surface area contributed by atoms with Crippen molar-refractivity contribution in [2.24, 2.45) is 0 Å². The van der Waals surface area contributed by atoms with Crippen LogP contribution in [0.4, 0.5) is 13.2 Å². The van der Waals surface area contributed by atoms with Crippen molar-refractivity contribution in [2.45, 2.75) is 6.18 Å². The van der Waals surface area contributed by atoms with Crippen LogP contribution >= 0.6 is 15.9 Å². The van der Waals surface area contributed by atoms with E-state index < -0.39 is 11.7 Å². The standard InChI is InChI=1S/C14H7BrF3N/c15-13-11-4-2-8-1-3-9(14(16,17)18)7-12(8)10(11)5-6-19-13/h1-7H. The van der Waals surface area contributed by atoms with Gasteiger partial charge in [-0.05, 0) is 50.3 Å². The molecule has 0 unspecified atom stereocenters. The highest BCUT2D eigenvalue weighted by molar-refractivity contribution is 9.10. The third kappa shape index (κ3) is 2.08. The molecule has 1 heterocycles. The van der Waals surface area contributed by atoms with Gasteiger partial charge >= 0.3 is 6.18 Å². The summed E-state index contributed by atoms with van der Waals surface area (Å²) < 4.78 is 38.9. The van der Waals surface area contributed by atoms with Crippen LogP contribution in [0.15, 0.2) is 47.2 Å². The zero-order chi connectivity index (χ0) is 13.6. The van der Waals surface area contributed by atoms with E-state index in [4.69, 9.17) is 0 Å². The molecule has 0 aliphatic carbocycles. The second-order valence-corrected chi connectivity index (χ2v) is 4.95.